The third-order valence-electron chi connectivity index (χ3n) is 9.60. The van der Waals surface area contributed by atoms with Gasteiger partial charge in [-0.3, -0.25) is 0 Å². The lowest BCUT2D eigenvalue weighted by Crippen LogP contribution is -2.78. The Bertz CT molecular complexity index is 1800. The van der Waals surface area contributed by atoms with Crippen LogP contribution in [0.5, 0.6) is 0 Å². The molecule has 0 amide bonds. The van der Waals surface area contributed by atoms with Crippen molar-refractivity contribution in [1.82, 2.24) is 0 Å². The van der Waals surface area contributed by atoms with Crippen LogP contribution in [0.1, 0.15) is 43.5 Å². The Labute approximate surface area is 237 Å². The number of fused-ring (bicyclic) bond motifs is 6. The number of rotatable bonds is 5. The molecule has 2 aliphatic rings. The van der Waals surface area contributed by atoms with Crippen molar-refractivity contribution < 1.29 is 9.13 Å². The highest BCUT2D eigenvalue weighted by molar-refractivity contribution is 5.77. The normalized spacial score (nSPS) is 20.6. The Kier molecular flexibility index (Phi) is 5.64. The fourth-order valence-corrected chi connectivity index (χ4v) is 7.76. The zero-order valence-electron chi connectivity index (χ0n) is 23.9. The SMILES string of the molecule is CCC12C=C([n+]3cc(-c4ccccc4)ccc3-c3ccccc3C)C1(CC)[n+]1c(C)cccc1-c1ccccc12. The Balaban J connectivity index is 1.58. The van der Waals surface area contributed by atoms with Gasteiger partial charge in [0.25, 0.3) is 11.2 Å². The quantitative estimate of drug-likeness (QED) is 0.206. The molecule has 3 aromatic carbocycles. The van der Waals surface area contributed by atoms with E-state index in [4.69, 9.17) is 0 Å². The van der Waals surface area contributed by atoms with Crippen molar-refractivity contribution in [2.24, 2.45) is 0 Å². The van der Waals surface area contributed by atoms with E-state index in [2.05, 4.69) is 158 Å². The van der Waals surface area contributed by atoms with Crippen LogP contribution in [-0.4, -0.2) is 0 Å². The summed E-state index contributed by atoms with van der Waals surface area (Å²) in [4.78, 5) is 0. The second-order valence-electron chi connectivity index (χ2n) is 11.4. The maximum Gasteiger partial charge on any atom is 0.264 e. The molecule has 3 heterocycles. The molecule has 0 saturated carbocycles. The molecule has 0 radical (unpaired) electrons. The standard InChI is InChI=1S/C38H36N2/c1-5-37-25-36(38(37,6-2)40-28(4)16-14-22-35(40)32-20-12-13-21-33(32)37)39-26-30(29-17-8-7-9-18-29)23-24-34(39)31-19-11-10-15-27(31)3/h7-26H,5-6H2,1-4H3/q+2. The van der Waals surface area contributed by atoms with Crippen molar-refractivity contribution in [3.8, 4) is 33.6 Å². The molecule has 1 aliphatic heterocycles. The predicted molar refractivity (Wildman–Crippen MR) is 164 cm³/mol. The second-order valence-corrected chi connectivity index (χ2v) is 11.4. The van der Waals surface area contributed by atoms with E-state index in [1.807, 2.05) is 0 Å². The van der Waals surface area contributed by atoms with Crippen molar-refractivity contribution in [2.45, 2.75) is 51.5 Å². The van der Waals surface area contributed by atoms with Gasteiger partial charge in [-0.1, -0.05) is 80.6 Å². The van der Waals surface area contributed by atoms with E-state index in [0.29, 0.717) is 0 Å². The minimum absolute atomic E-state index is 0.0871. The number of pyridine rings is 2. The summed E-state index contributed by atoms with van der Waals surface area (Å²) < 4.78 is 5.18. The summed E-state index contributed by atoms with van der Waals surface area (Å²) in [5.74, 6) is 0. The van der Waals surface area contributed by atoms with Gasteiger partial charge in [-0.25, -0.2) is 0 Å². The first-order chi connectivity index (χ1) is 19.6. The first kappa shape index (κ1) is 24.7. The van der Waals surface area contributed by atoms with Crippen molar-refractivity contribution >= 4 is 5.70 Å². The number of hydrogen-bond donors (Lipinski definition) is 0. The summed E-state index contributed by atoms with van der Waals surface area (Å²) in [7, 11) is 0. The molecule has 2 aromatic heterocycles. The zero-order valence-corrected chi connectivity index (χ0v) is 23.9. The number of hydrogen-bond acceptors (Lipinski definition) is 0. The van der Waals surface area contributed by atoms with E-state index < -0.39 is 0 Å². The smallest absolute Gasteiger partial charge is 0.179 e. The lowest BCUT2D eigenvalue weighted by atomic mass is 9.50. The fourth-order valence-electron chi connectivity index (χ4n) is 7.76. The summed E-state index contributed by atoms with van der Waals surface area (Å²) in [6, 6.07) is 40.0. The summed E-state index contributed by atoms with van der Waals surface area (Å²) in [6.07, 6.45) is 7.01. The number of benzene rings is 3. The molecule has 0 spiro atoms. The lowest BCUT2D eigenvalue weighted by Gasteiger charge is -2.52. The highest BCUT2D eigenvalue weighted by Gasteiger charge is 2.74. The first-order valence-corrected chi connectivity index (χ1v) is 14.6. The van der Waals surface area contributed by atoms with Crippen molar-refractivity contribution in [3.05, 3.63) is 138 Å². The molecule has 0 saturated heterocycles. The minimum atomic E-state index is -0.214. The maximum absolute atomic E-state index is 2.66. The molecule has 5 aromatic rings. The fraction of sp³-hybridized carbons (Fsp3) is 0.211. The highest BCUT2D eigenvalue weighted by atomic mass is 15.2. The van der Waals surface area contributed by atoms with E-state index in [9.17, 15) is 0 Å². The van der Waals surface area contributed by atoms with Gasteiger partial charge >= 0.3 is 0 Å². The Hall–Kier alpha value is -4.30. The monoisotopic (exact) mass is 520 g/mol. The summed E-state index contributed by atoms with van der Waals surface area (Å²) in [5.41, 5.74) is 12.7. The van der Waals surface area contributed by atoms with Crippen molar-refractivity contribution in [1.29, 1.82) is 0 Å². The number of allylic oxidation sites excluding steroid dienone is 2. The molecule has 196 valence electrons. The van der Waals surface area contributed by atoms with Crippen LogP contribution < -0.4 is 9.13 Å². The van der Waals surface area contributed by atoms with Gasteiger partial charge in [0.05, 0.1) is 11.0 Å². The molecule has 2 heteroatoms. The summed E-state index contributed by atoms with van der Waals surface area (Å²) >= 11 is 0. The number of aromatic nitrogens is 2. The van der Waals surface area contributed by atoms with Gasteiger partial charge in [0.1, 0.15) is 0 Å². The molecule has 40 heavy (non-hydrogen) atoms. The average Bonchev–Trinajstić information content (AvgIpc) is 2.99. The van der Waals surface area contributed by atoms with Crippen LogP contribution in [0.2, 0.25) is 0 Å². The van der Waals surface area contributed by atoms with Crippen molar-refractivity contribution in [3.63, 3.8) is 0 Å². The van der Waals surface area contributed by atoms with E-state index >= 15 is 0 Å². The van der Waals surface area contributed by atoms with Gasteiger partial charge in [-0.2, -0.15) is 9.13 Å². The third kappa shape index (κ3) is 3.17. The molecule has 1 aliphatic carbocycles. The number of aryl methyl sites for hydroxylation is 2. The topological polar surface area (TPSA) is 7.76 Å². The zero-order chi connectivity index (χ0) is 27.5. The number of nitrogens with zero attached hydrogens (tertiary/aromatic N) is 2. The van der Waals surface area contributed by atoms with Crippen LogP contribution in [0.15, 0.2) is 121 Å². The van der Waals surface area contributed by atoms with E-state index in [1.54, 1.807) is 0 Å². The molecule has 2 nitrogen and oxygen atoms in total. The van der Waals surface area contributed by atoms with Crippen LogP contribution in [-0.2, 0) is 11.0 Å². The van der Waals surface area contributed by atoms with Gasteiger partial charge in [-0.05, 0) is 54.3 Å². The molecular weight excluding hydrogens is 484 g/mol. The Morgan fingerprint density at radius 1 is 0.600 bits per heavy atom. The predicted octanol–water partition coefficient (Wildman–Crippen LogP) is 8.20. The average molecular weight is 521 g/mol. The highest BCUT2D eigenvalue weighted by Crippen LogP contribution is 2.61. The molecular formula is C38H36N2+2. The van der Waals surface area contributed by atoms with Crippen molar-refractivity contribution in [2.75, 3.05) is 0 Å². The van der Waals surface area contributed by atoms with Crippen LogP contribution >= 0.6 is 0 Å². The Morgan fingerprint density at radius 3 is 2.08 bits per heavy atom. The van der Waals surface area contributed by atoms with Crippen LogP contribution in [0.3, 0.4) is 0 Å². The maximum atomic E-state index is 2.66. The summed E-state index contributed by atoms with van der Waals surface area (Å²) in [6.45, 7) is 9.24. The molecule has 7 rings (SSSR count). The molecule has 2 atom stereocenters. The van der Waals surface area contributed by atoms with Crippen LogP contribution in [0.25, 0.3) is 39.3 Å². The van der Waals surface area contributed by atoms with E-state index in [-0.39, 0.29) is 11.0 Å². The lowest BCUT2D eigenvalue weighted by molar-refractivity contribution is -0.783. The van der Waals surface area contributed by atoms with Gasteiger partial charge < -0.3 is 0 Å². The first-order valence-electron chi connectivity index (χ1n) is 14.6. The van der Waals surface area contributed by atoms with Crippen LogP contribution in [0.4, 0.5) is 0 Å². The van der Waals surface area contributed by atoms with Crippen LogP contribution in [0, 0.1) is 13.8 Å². The van der Waals surface area contributed by atoms with E-state index in [1.165, 1.54) is 56.2 Å². The second kappa shape index (κ2) is 9.13. The Morgan fingerprint density at radius 2 is 1.32 bits per heavy atom. The van der Waals surface area contributed by atoms with Gasteiger partial charge in [-0.15, -0.1) is 0 Å². The molecule has 2 unspecified atom stereocenters. The molecule has 0 fully saturated rings. The summed E-state index contributed by atoms with van der Waals surface area (Å²) in [5, 5.41) is 0. The van der Waals surface area contributed by atoms with Gasteiger partial charge in [0, 0.05) is 48.7 Å². The van der Waals surface area contributed by atoms with E-state index in [0.717, 1.165) is 12.8 Å². The van der Waals surface area contributed by atoms with Gasteiger partial charge in [0.2, 0.25) is 11.4 Å². The molecule has 0 bridgehead atoms. The largest absolute Gasteiger partial charge is 0.264 e. The molecule has 0 N–H and O–H groups in total. The third-order valence-corrected chi connectivity index (χ3v) is 9.60. The minimum Gasteiger partial charge on any atom is -0.179 e. The van der Waals surface area contributed by atoms with Gasteiger partial charge in [0.15, 0.2) is 11.9 Å².